The molecule has 1 saturated heterocycles. The first-order chi connectivity index (χ1) is 24.7. The molecule has 14 heteroatoms. The second-order valence-corrected chi connectivity index (χ2v) is 12.8. The lowest BCUT2D eigenvalue weighted by Crippen LogP contribution is -2.41. The summed E-state index contributed by atoms with van der Waals surface area (Å²) in [5.74, 6) is -0.523. The number of nitrogens with zero attached hydrogens (tertiary/aromatic N) is 3. The van der Waals surface area contributed by atoms with Gasteiger partial charge in [-0.2, -0.15) is 0 Å². The smallest absolute Gasteiger partial charge is 0.323 e. The quantitative estimate of drug-likeness (QED) is 0.123. The SMILES string of the molecule is COCC(NCc1cnc2cc(-c3cccc(-c4cccc(-c5ccc(CNC[C@H]6CCC(=O)N6)c(OC)n5)c4Cl)c3Cl)ccn2c1=O)C(=O)O. The predicted octanol–water partition coefficient (Wildman–Crippen LogP) is 4.96. The fourth-order valence-electron chi connectivity index (χ4n) is 6.06. The first-order valence-corrected chi connectivity index (χ1v) is 17.0. The molecule has 0 spiro atoms. The Kier molecular flexibility index (Phi) is 11.3. The Morgan fingerprint density at radius 2 is 1.73 bits per heavy atom. The van der Waals surface area contributed by atoms with Crippen LogP contribution in [0.1, 0.15) is 24.0 Å². The zero-order valence-electron chi connectivity index (χ0n) is 27.9. The Morgan fingerprint density at radius 3 is 2.41 bits per heavy atom. The molecule has 51 heavy (non-hydrogen) atoms. The van der Waals surface area contributed by atoms with Crippen LogP contribution in [0.4, 0.5) is 0 Å². The third-order valence-electron chi connectivity index (χ3n) is 8.75. The molecule has 0 aliphatic carbocycles. The van der Waals surface area contributed by atoms with Gasteiger partial charge in [0.1, 0.15) is 11.7 Å². The van der Waals surface area contributed by atoms with Gasteiger partial charge in [-0.05, 0) is 30.2 Å². The van der Waals surface area contributed by atoms with Crippen LogP contribution in [0.15, 0.2) is 77.9 Å². The molecule has 4 N–H and O–H groups in total. The predicted molar refractivity (Wildman–Crippen MR) is 195 cm³/mol. The number of carbonyl (C=O) groups excluding carboxylic acids is 1. The number of carboxylic acids is 1. The Balaban J connectivity index is 1.24. The number of aromatic nitrogens is 3. The number of pyridine rings is 2. The van der Waals surface area contributed by atoms with Gasteiger partial charge in [0, 0.05) is 79.4 Å². The minimum atomic E-state index is -1.08. The molecule has 0 radical (unpaired) electrons. The average molecular weight is 732 g/mol. The standard InChI is InChI=1S/C37H36Cl2N6O6/c1-50-20-30(37(48)49)41-17-23-18-42-31-15-21(13-14-45(31)36(23)47)25-5-3-6-26(33(25)38)27-7-4-8-28(34(27)39)29-11-9-22(35(44-29)51-2)16-40-19-24-10-12-32(46)43-24/h3-9,11,13-15,18,24,30,40-41H,10,12,16-17,19-20H2,1-2H3,(H,43,46)(H,48,49)/t24-,30?/m1/s1. The molecule has 264 valence electrons. The Hall–Kier alpha value is -4.85. The highest BCUT2D eigenvalue weighted by molar-refractivity contribution is 6.39. The fraction of sp³-hybridized carbons (Fsp3) is 0.270. The highest BCUT2D eigenvalue weighted by atomic mass is 35.5. The zero-order chi connectivity index (χ0) is 36.1. The third-order valence-corrected chi connectivity index (χ3v) is 9.56. The summed E-state index contributed by atoms with van der Waals surface area (Å²) in [7, 11) is 2.98. The lowest BCUT2D eigenvalue weighted by atomic mass is 9.97. The van der Waals surface area contributed by atoms with Crippen LogP contribution in [0.5, 0.6) is 5.88 Å². The number of rotatable bonds is 14. The number of hydrogen-bond acceptors (Lipinski definition) is 9. The van der Waals surface area contributed by atoms with Gasteiger partial charge in [-0.1, -0.05) is 65.7 Å². The summed E-state index contributed by atoms with van der Waals surface area (Å²) in [6.07, 6.45) is 4.43. The van der Waals surface area contributed by atoms with Crippen LogP contribution >= 0.6 is 23.2 Å². The summed E-state index contributed by atoms with van der Waals surface area (Å²) in [4.78, 5) is 45.4. The molecule has 0 bridgehead atoms. The largest absolute Gasteiger partial charge is 0.481 e. The van der Waals surface area contributed by atoms with E-state index in [1.807, 2.05) is 48.5 Å². The summed E-state index contributed by atoms with van der Waals surface area (Å²) >= 11 is 14.1. The monoisotopic (exact) mass is 730 g/mol. The van der Waals surface area contributed by atoms with Crippen LogP contribution in [-0.4, -0.2) is 70.8 Å². The number of carboxylic acid groups (broad SMARTS) is 1. The molecule has 4 heterocycles. The molecule has 0 saturated carbocycles. The van der Waals surface area contributed by atoms with Gasteiger partial charge in [0.2, 0.25) is 11.8 Å². The lowest BCUT2D eigenvalue weighted by molar-refractivity contribution is -0.140. The number of aliphatic carboxylic acids is 1. The van der Waals surface area contributed by atoms with E-state index in [2.05, 4.69) is 20.9 Å². The van der Waals surface area contributed by atoms with Crippen molar-refractivity contribution in [2.24, 2.45) is 0 Å². The lowest BCUT2D eigenvalue weighted by Gasteiger charge is -2.16. The van der Waals surface area contributed by atoms with Crippen LogP contribution in [0.2, 0.25) is 10.0 Å². The molecule has 1 amide bonds. The minimum Gasteiger partial charge on any atom is -0.481 e. The van der Waals surface area contributed by atoms with E-state index in [-0.39, 0.29) is 30.7 Å². The minimum absolute atomic E-state index is 0.0105. The second-order valence-electron chi connectivity index (χ2n) is 12.1. The number of methoxy groups -OCH3 is 2. The maximum Gasteiger partial charge on any atom is 0.323 e. The summed E-state index contributed by atoms with van der Waals surface area (Å²) < 4.78 is 12.0. The summed E-state index contributed by atoms with van der Waals surface area (Å²) in [5, 5.41) is 19.5. The van der Waals surface area contributed by atoms with Crippen molar-refractivity contribution < 1.29 is 24.2 Å². The van der Waals surface area contributed by atoms with Gasteiger partial charge in [0.05, 0.1) is 35.0 Å². The van der Waals surface area contributed by atoms with Crippen molar-refractivity contribution >= 4 is 40.7 Å². The summed E-state index contributed by atoms with van der Waals surface area (Å²) in [6.45, 7) is 1.15. The van der Waals surface area contributed by atoms with Crippen LogP contribution in [-0.2, 0) is 27.4 Å². The van der Waals surface area contributed by atoms with Crippen molar-refractivity contribution in [2.45, 2.75) is 38.0 Å². The topological polar surface area (TPSA) is 156 Å². The fourth-order valence-corrected chi connectivity index (χ4v) is 6.72. The van der Waals surface area contributed by atoms with Crippen molar-refractivity contribution in [3.8, 4) is 39.4 Å². The number of ether oxygens (including phenoxy) is 2. The van der Waals surface area contributed by atoms with Gasteiger partial charge in [-0.25, -0.2) is 9.97 Å². The van der Waals surface area contributed by atoms with Crippen molar-refractivity contribution in [1.29, 1.82) is 0 Å². The van der Waals surface area contributed by atoms with E-state index in [4.69, 9.17) is 37.7 Å². The van der Waals surface area contributed by atoms with Crippen LogP contribution in [0.25, 0.3) is 39.2 Å². The number of nitrogens with one attached hydrogen (secondary N) is 3. The summed E-state index contributed by atoms with van der Waals surface area (Å²) in [5.41, 5.74) is 5.49. The zero-order valence-corrected chi connectivity index (χ0v) is 29.4. The van der Waals surface area contributed by atoms with Gasteiger partial charge >= 0.3 is 5.97 Å². The molecular weight excluding hydrogens is 695 g/mol. The first-order valence-electron chi connectivity index (χ1n) is 16.3. The molecule has 1 unspecified atom stereocenters. The van der Waals surface area contributed by atoms with E-state index in [1.165, 1.54) is 17.7 Å². The maximum atomic E-state index is 13.2. The van der Waals surface area contributed by atoms with Crippen molar-refractivity contribution in [3.63, 3.8) is 0 Å². The average Bonchev–Trinajstić information content (AvgIpc) is 3.55. The molecule has 1 fully saturated rings. The van der Waals surface area contributed by atoms with Crippen molar-refractivity contribution in [3.05, 3.63) is 105 Å². The van der Waals surface area contributed by atoms with E-state index >= 15 is 0 Å². The normalized spacial score (nSPS) is 14.8. The van der Waals surface area contributed by atoms with E-state index in [0.717, 1.165) is 23.1 Å². The number of benzene rings is 2. The van der Waals surface area contributed by atoms with Gasteiger partial charge in [-0.15, -0.1) is 0 Å². The van der Waals surface area contributed by atoms with Gasteiger partial charge in [0.25, 0.3) is 5.56 Å². The second kappa shape index (κ2) is 16.0. The number of carbonyl (C=O) groups is 2. The van der Waals surface area contributed by atoms with E-state index in [1.54, 1.807) is 25.4 Å². The van der Waals surface area contributed by atoms with Gasteiger partial charge in [-0.3, -0.25) is 24.1 Å². The molecule has 6 rings (SSSR count). The Morgan fingerprint density at radius 1 is 1.00 bits per heavy atom. The third kappa shape index (κ3) is 7.90. The summed E-state index contributed by atoms with van der Waals surface area (Å²) in [6, 6.07) is 17.9. The Bertz CT molecular complexity index is 2160. The van der Waals surface area contributed by atoms with E-state index < -0.39 is 12.0 Å². The molecule has 2 atom stereocenters. The number of halogens is 2. The van der Waals surface area contributed by atoms with E-state index in [9.17, 15) is 19.5 Å². The molecular formula is C37H36Cl2N6O6. The highest BCUT2D eigenvalue weighted by Gasteiger charge is 2.21. The molecule has 3 aromatic heterocycles. The highest BCUT2D eigenvalue weighted by Crippen LogP contribution is 2.42. The first kappa shape index (κ1) is 36.0. The molecule has 1 aliphatic rings. The van der Waals surface area contributed by atoms with Crippen LogP contribution in [0, 0.1) is 0 Å². The van der Waals surface area contributed by atoms with Gasteiger partial charge < -0.3 is 25.2 Å². The van der Waals surface area contributed by atoms with Crippen molar-refractivity contribution in [2.75, 3.05) is 27.4 Å². The van der Waals surface area contributed by atoms with Gasteiger partial charge in [0.15, 0.2) is 0 Å². The number of fused-ring (bicyclic) bond motifs is 1. The number of hydrogen-bond donors (Lipinski definition) is 4. The maximum absolute atomic E-state index is 13.2. The van der Waals surface area contributed by atoms with Crippen LogP contribution in [0.3, 0.4) is 0 Å². The van der Waals surface area contributed by atoms with Crippen molar-refractivity contribution in [1.82, 2.24) is 30.3 Å². The molecule has 2 aromatic carbocycles. The van der Waals surface area contributed by atoms with Crippen LogP contribution < -0.4 is 26.2 Å². The molecule has 1 aliphatic heterocycles. The number of amides is 1. The molecule has 12 nitrogen and oxygen atoms in total. The van der Waals surface area contributed by atoms with E-state index in [0.29, 0.717) is 69.0 Å². The molecule has 5 aromatic rings. The Labute approximate surface area is 303 Å².